The molecule has 1 aliphatic rings. The molecule has 1 rings (SSSR count). The van der Waals surface area contributed by atoms with E-state index in [-0.39, 0.29) is 17.0 Å². The number of sulfone groups is 1. The molecule has 0 aromatic carbocycles. The van der Waals surface area contributed by atoms with Gasteiger partial charge in [-0.25, -0.2) is 8.42 Å². The summed E-state index contributed by atoms with van der Waals surface area (Å²) >= 11 is 0. The summed E-state index contributed by atoms with van der Waals surface area (Å²) in [5, 5.41) is 0. The van der Waals surface area contributed by atoms with Crippen LogP contribution in [0.15, 0.2) is 0 Å². The number of hydrogen-bond donors (Lipinski definition) is 1. The highest BCUT2D eigenvalue weighted by Crippen LogP contribution is 2.30. The molecule has 0 spiro atoms. The summed E-state index contributed by atoms with van der Waals surface area (Å²) in [4.78, 5) is 2.19. The van der Waals surface area contributed by atoms with Crippen LogP contribution in [0.5, 0.6) is 0 Å². The molecule has 4 nitrogen and oxygen atoms in total. The minimum absolute atomic E-state index is 0.218. The average Bonchev–Trinajstić information content (AvgIpc) is 2.53. The predicted molar refractivity (Wildman–Crippen MR) is 71.7 cm³/mol. The lowest BCUT2D eigenvalue weighted by molar-refractivity contribution is 0.0944. The highest BCUT2D eigenvalue weighted by Gasteiger charge is 2.45. The number of nitrogens with two attached hydrogens (primary N) is 1. The maximum atomic E-state index is 11.7. The third-order valence-corrected chi connectivity index (χ3v) is 5.77. The van der Waals surface area contributed by atoms with Crippen molar-refractivity contribution in [2.24, 2.45) is 11.7 Å². The molecule has 1 saturated heterocycles. The lowest BCUT2D eigenvalue weighted by Crippen LogP contribution is -2.56. The van der Waals surface area contributed by atoms with Crippen LogP contribution in [-0.4, -0.2) is 50.0 Å². The van der Waals surface area contributed by atoms with Gasteiger partial charge in [-0.05, 0) is 32.7 Å². The minimum Gasteiger partial charge on any atom is -0.329 e. The van der Waals surface area contributed by atoms with E-state index in [0.29, 0.717) is 24.9 Å². The van der Waals surface area contributed by atoms with Crippen LogP contribution in [0.1, 0.15) is 33.6 Å². The van der Waals surface area contributed by atoms with Crippen LogP contribution in [-0.2, 0) is 9.84 Å². The summed E-state index contributed by atoms with van der Waals surface area (Å²) in [6, 6.07) is 0.367. The zero-order valence-corrected chi connectivity index (χ0v) is 12.3. The molecule has 102 valence electrons. The Morgan fingerprint density at radius 2 is 1.94 bits per heavy atom. The standard InChI is InChI=1S/C12H26N2O2S/c1-10(2)7-11(3)14(4)12(8-13)5-6-17(15,16)9-12/h10-11H,5-9,13H2,1-4H3. The highest BCUT2D eigenvalue weighted by atomic mass is 32.2. The molecule has 0 aliphatic carbocycles. The first-order chi connectivity index (χ1) is 7.72. The second-order valence-corrected chi connectivity index (χ2v) is 8.04. The van der Waals surface area contributed by atoms with Gasteiger partial charge >= 0.3 is 0 Å². The second kappa shape index (κ2) is 5.24. The van der Waals surface area contributed by atoms with Gasteiger partial charge < -0.3 is 5.73 Å². The molecule has 5 heteroatoms. The van der Waals surface area contributed by atoms with Crippen LogP contribution in [0.2, 0.25) is 0 Å². The van der Waals surface area contributed by atoms with Crippen LogP contribution in [0.25, 0.3) is 0 Å². The highest BCUT2D eigenvalue weighted by molar-refractivity contribution is 7.91. The van der Waals surface area contributed by atoms with E-state index in [0.717, 1.165) is 6.42 Å². The third kappa shape index (κ3) is 3.42. The van der Waals surface area contributed by atoms with Crippen molar-refractivity contribution in [3.8, 4) is 0 Å². The molecular formula is C12H26N2O2S. The van der Waals surface area contributed by atoms with E-state index in [2.05, 4.69) is 25.7 Å². The van der Waals surface area contributed by atoms with Crippen LogP contribution in [0.3, 0.4) is 0 Å². The van der Waals surface area contributed by atoms with E-state index in [1.54, 1.807) is 0 Å². The van der Waals surface area contributed by atoms with Crippen molar-refractivity contribution >= 4 is 9.84 Å². The fraction of sp³-hybridized carbons (Fsp3) is 1.00. The molecule has 17 heavy (non-hydrogen) atoms. The smallest absolute Gasteiger partial charge is 0.152 e. The van der Waals surface area contributed by atoms with Crippen LogP contribution in [0.4, 0.5) is 0 Å². The Morgan fingerprint density at radius 3 is 2.29 bits per heavy atom. The zero-order valence-electron chi connectivity index (χ0n) is 11.4. The van der Waals surface area contributed by atoms with Gasteiger partial charge in [-0.2, -0.15) is 0 Å². The first-order valence-electron chi connectivity index (χ1n) is 6.36. The summed E-state index contributed by atoms with van der Waals surface area (Å²) in [6.45, 7) is 6.95. The molecule has 0 saturated carbocycles. The van der Waals surface area contributed by atoms with Crippen molar-refractivity contribution in [2.75, 3.05) is 25.1 Å². The van der Waals surface area contributed by atoms with Gasteiger partial charge in [-0.1, -0.05) is 13.8 Å². The average molecular weight is 262 g/mol. The van der Waals surface area contributed by atoms with Gasteiger partial charge in [0.15, 0.2) is 9.84 Å². The topological polar surface area (TPSA) is 63.4 Å². The van der Waals surface area contributed by atoms with Crippen LogP contribution in [0, 0.1) is 5.92 Å². The Balaban J connectivity index is 2.81. The van der Waals surface area contributed by atoms with Gasteiger partial charge in [-0.3, -0.25) is 4.90 Å². The molecule has 1 fully saturated rings. The first-order valence-corrected chi connectivity index (χ1v) is 8.18. The molecule has 2 N–H and O–H groups in total. The van der Waals surface area contributed by atoms with Crippen LogP contribution >= 0.6 is 0 Å². The Labute approximate surface area is 105 Å². The Bertz CT molecular complexity index is 354. The van der Waals surface area contributed by atoms with Crippen molar-refractivity contribution in [2.45, 2.75) is 45.2 Å². The molecule has 1 heterocycles. The summed E-state index contributed by atoms with van der Waals surface area (Å²) in [5.74, 6) is 1.11. The van der Waals surface area contributed by atoms with Gasteiger partial charge in [-0.15, -0.1) is 0 Å². The van der Waals surface area contributed by atoms with E-state index in [1.807, 2.05) is 7.05 Å². The number of hydrogen-bond acceptors (Lipinski definition) is 4. The molecule has 2 unspecified atom stereocenters. The van der Waals surface area contributed by atoms with E-state index in [9.17, 15) is 8.42 Å². The quantitative estimate of drug-likeness (QED) is 0.798. The largest absolute Gasteiger partial charge is 0.329 e. The number of rotatable bonds is 5. The molecule has 0 aromatic heterocycles. The third-order valence-electron chi connectivity index (χ3n) is 3.97. The van der Waals surface area contributed by atoms with Crippen molar-refractivity contribution in [3.05, 3.63) is 0 Å². The molecule has 0 aromatic rings. The molecule has 0 bridgehead atoms. The Morgan fingerprint density at radius 1 is 1.35 bits per heavy atom. The Hall–Kier alpha value is -0.130. The molecule has 0 amide bonds. The van der Waals surface area contributed by atoms with E-state index in [4.69, 9.17) is 5.73 Å². The van der Waals surface area contributed by atoms with E-state index >= 15 is 0 Å². The first kappa shape index (κ1) is 14.9. The number of nitrogens with zero attached hydrogens (tertiary/aromatic N) is 1. The SMILES string of the molecule is CC(C)CC(C)N(C)C1(CN)CCS(=O)(=O)C1. The summed E-state index contributed by atoms with van der Waals surface area (Å²) in [5.41, 5.74) is 5.51. The van der Waals surface area contributed by atoms with Gasteiger partial charge in [0.2, 0.25) is 0 Å². The predicted octanol–water partition coefficient (Wildman–Crippen LogP) is 0.869. The van der Waals surface area contributed by atoms with Gasteiger partial charge in [0.25, 0.3) is 0 Å². The second-order valence-electron chi connectivity index (χ2n) is 5.86. The minimum atomic E-state index is -2.89. The van der Waals surface area contributed by atoms with Gasteiger partial charge in [0, 0.05) is 18.1 Å². The summed E-state index contributed by atoms with van der Waals surface area (Å²) < 4.78 is 23.3. The monoisotopic (exact) mass is 262 g/mol. The maximum Gasteiger partial charge on any atom is 0.152 e. The van der Waals surface area contributed by atoms with Crippen molar-refractivity contribution in [1.29, 1.82) is 0 Å². The molecule has 2 atom stereocenters. The zero-order chi connectivity index (χ0) is 13.3. The molecule has 0 radical (unpaired) electrons. The normalized spacial score (nSPS) is 30.1. The van der Waals surface area contributed by atoms with Crippen molar-refractivity contribution in [3.63, 3.8) is 0 Å². The lowest BCUT2D eigenvalue weighted by atomic mass is 9.93. The fourth-order valence-corrected chi connectivity index (χ4v) is 4.91. The van der Waals surface area contributed by atoms with Crippen molar-refractivity contribution in [1.82, 2.24) is 4.90 Å². The van der Waals surface area contributed by atoms with E-state index < -0.39 is 9.84 Å². The van der Waals surface area contributed by atoms with Crippen LogP contribution < -0.4 is 5.73 Å². The Kier molecular flexibility index (Phi) is 4.60. The molecular weight excluding hydrogens is 236 g/mol. The van der Waals surface area contributed by atoms with E-state index in [1.165, 1.54) is 0 Å². The van der Waals surface area contributed by atoms with Gasteiger partial charge in [0.05, 0.1) is 11.5 Å². The fourth-order valence-electron chi connectivity index (χ4n) is 2.79. The number of likely N-dealkylation sites (N-methyl/N-ethyl adjacent to an activating group) is 1. The summed E-state index contributed by atoms with van der Waals surface area (Å²) in [6.07, 6.45) is 1.74. The molecule has 1 aliphatic heterocycles. The maximum absolute atomic E-state index is 11.7. The lowest BCUT2D eigenvalue weighted by Gasteiger charge is -2.41. The van der Waals surface area contributed by atoms with Crippen molar-refractivity contribution < 1.29 is 8.42 Å². The summed E-state index contributed by atoms with van der Waals surface area (Å²) in [7, 11) is -0.880. The van der Waals surface area contributed by atoms with Gasteiger partial charge in [0.1, 0.15) is 0 Å².